The molecule has 4 rings (SSSR count). The van der Waals surface area contributed by atoms with Gasteiger partial charge < -0.3 is 4.74 Å². The number of para-hydroxylation sites is 1. The van der Waals surface area contributed by atoms with Crippen molar-refractivity contribution in [1.29, 1.82) is 0 Å². The van der Waals surface area contributed by atoms with Crippen molar-refractivity contribution in [2.75, 3.05) is 5.75 Å². The molecule has 0 aliphatic heterocycles. The van der Waals surface area contributed by atoms with Crippen molar-refractivity contribution in [1.82, 2.24) is 19.7 Å². The highest BCUT2D eigenvalue weighted by molar-refractivity contribution is 7.99. The number of hydrogen-bond acceptors (Lipinski definition) is 6. The van der Waals surface area contributed by atoms with Crippen molar-refractivity contribution in [2.24, 2.45) is 0 Å². The summed E-state index contributed by atoms with van der Waals surface area (Å²) in [7, 11) is 0. The third kappa shape index (κ3) is 4.64. The molecule has 144 valence electrons. The van der Waals surface area contributed by atoms with Gasteiger partial charge in [-0.15, -0.1) is 10.2 Å². The van der Waals surface area contributed by atoms with Gasteiger partial charge in [-0.1, -0.05) is 41.6 Å². The molecule has 0 bridgehead atoms. The Morgan fingerprint density at radius 1 is 1.00 bits per heavy atom. The number of hydrogen-bond donors (Lipinski definition) is 0. The number of benzene rings is 2. The molecule has 4 aromatic rings. The number of nitrogens with zero attached hydrogens (tertiary/aromatic N) is 4. The summed E-state index contributed by atoms with van der Waals surface area (Å²) in [4.78, 5) is 16.4. The van der Waals surface area contributed by atoms with Crippen LogP contribution < -0.4 is 4.74 Å². The van der Waals surface area contributed by atoms with Gasteiger partial charge in [-0.05, 0) is 48.5 Å². The Balaban J connectivity index is 1.56. The minimum Gasteiger partial charge on any atom is -0.426 e. The molecule has 0 amide bonds. The van der Waals surface area contributed by atoms with Gasteiger partial charge >= 0.3 is 5.97 Å². The van der Waals surface area contributed by atoms with E-state index in [0.717, 1.165) is 11.3 Å². The zero-order chi connectivity index (χ0) is 20.1. The molecule has 0 radical (unpaired) electrons. The third-order valence-corrected chi connectivity index (χ3v) is 5.09. The first-order valence-corrected chi connectivity index (χ1v) is 10.1. The Hall–Kier alpha value is -3.16. The van der Waals surface area contributed by atoms with Crippen molar-refractivity contribution in [3.05, 3.63) is 84.1 Å². The monoisotopic (exact) mass is 422 g/mol. The molecule has 0 aliphatic rings. The molecule has 8 heteroatoms. The van der Waals surface area contributed by atoms with Gasteiger partial charge in [-0.25, -0.2) is 0 Å². The number of esters is 1. The molecule has 0 aliphatic carbocycles. The molecule has 0 saturated heterocycles. The lowest BCUT2D eigenvalue weighted by Crippen LogP contribution is -2.11. The van der Waals surface area contributed by atoms with Crippen LogP contribution in [0, 0.1) is 0 Å². The van der Waals surface area contributed by atoms with Gasteiger partial charge in [0.05, 0.1) is 5.75 Å². The topological polar surface area (TPSA) is 69.9 Å². The lowest BCUT2D eigenvalue weighted by Gasteiger charge is -2.10. The van der Waals surface area contributed by atoms with Gasteiger partial charge in [0.25, 0.3) is 0 Å². The molecule has 0 N–H and O–H groups in total. The second-order valence-electron chi connectivity index (χ2n) is 5.94. The van der Waals surface area contributed by atoms with Crippen LogP contribution in [0.3, 0.4) is 0 Å². The summed E-state index contributed by atoms with van der Waals surface area (Å²) in [5, 5.41) is 9.77. The van der Waals surface area contributed by atoms with Gasteiger partial charge in [0.2, 0.25) is 0 Å². The summed E-state index contributed by atoms with van der Waals surface area (Å²) in [6.45, 7) is 0. The fraction of sp³-hybridized carbons (Fsp3) is 0.0476. The number of aromatic nitrogens is 4. The van der Waals surface area contributed by atoms with Gasteiger partial charge in [-0.3, -0.25) is 14.3 Å². The van der Waals surface area contributed by atoms with Crippen LogP contribution in [-0.2, 0) is 4.79 Å². The van der Waals surface area contributed by atoms with E-state index in [2.05, 4.69) is 15.2 Å². The van der Waals surface area contributed by atoms with E-state index in [0.29, 0.717) is 21.8 Å². The number of carbonyl (C=O) groups is 1. The number of halogens is 1. The Bertz CT molecular complexity index is 1100. The molecule has 2 aromatic carbocycles. The van der Waals surface area contributed by atoms with Gasteiger partial charge in [0.15, 0.2) is 11.0 Å². The molecule has 0 unspecified atom stereocenters. The zero-order valence-corrected chi connectivity index (χ0v) is 16.7. The molecule has 2 heterocycles. The second kappa shape index (κ2) is 8.89. The molecule has 2 aromatic heterocycles. The lowest BCUT2D eigenvalue weighted by atomic mass is 10.2. The molecule has 0 saturated carbocycles. The average Bonchev–Trinajstić information content (AvgIpc) is 3.19. The SMILES string of the molecule is O=C(CSc1nnc(-c2cccnc2)n1-c1ccccc1)Oc1ccc(Cl)cc1. The maximum atomic E-state index is 12.3. The molecule has 29 heavy (non-hydrogen) atoms. The summed E-state index contributed by atoms with van der Waals surface area (Å²) >= 11 is 7.11. The predicted octanol–water partition coefficient (Wildman–Crippen LogP) is 4.68. The van der Waals surface area contributed by atoms with E-state index >= 15 is 0 Å². The number of ether oxygens (including phenoxy) is 1. The van der Waals surface area contributed by atoms with Crippen molar-refractivity contribution < 1.29 is 9.53 Å². The van der Waals surface area contributed by atoms with Gasteiger partial charge in [-0.2, -0.15) is 0 Å². The van der Waals surface area contributed by atoms with Crippen LogP contribution in [0.1, 0.15) is 0 Å². The van der Waals surface area contributed by atoms with Gasteiger partial charge in [0, 0.05) is 28.7 Å². The first-order chi connectivity index (χ1) is 14.2. The Kier molecular flexibility index (Phi) is 5.88. The van der Waals surface area contributed by atoms with E-state index in [1.807, 2.05) is 47.0 Å². The molecular weight excluding hydrogens is 408 g/mol. The minimum absolute atomic E-state index is 0.0840. The van der Waals surface area contributed by atoms with Crippen LogP contribution in [0.25, 0.3) is 17.1 Å². The first kappa shape index (κ1) is 19.2. The fourth-order valence-electron chi connectivity index (χ4n) is 2.64. The quantitative estimate of drug-likeness (QED) is 0.255. The van der Waals surface area contributed by atoms with Crippen LogP contribution in [0.4, 0.5) is 0 Å². The molecule has 0 spiro atoms. The zero-order valence-electron chi connectivity index (χ0n) is 15.1. The Labute approximate surface area is 176 Å². The molecule has 0 fully saturated rings. The number of thioether (sulfide) groups is 1. The summed E-state index contributed by atoms with van der Waals surface area (Å²) < 4.78 is 7.24. The summed E-state index contributed by atoms with van der Waals surface area (Å²) in [5.74, 6) is 0.794. The largest absolute Gasteiger partial charge is 0.426 e. The average molecular weight is 423 g/mol. The Morgan fingerprint density at radius 2 is 1.79 bits per heavy atom. The van der Waals surface area contributed by atoms with E-state index in [4.69, 9.17) is 16.3 Å². The van der Waals surface area contributed by atoms with E-state index in [-0.39, 0.29) is 11.7 Å². The van der Waals surface area contributed by atoms with Crippen LogP contribution >= 0.6 is 23.4 Å². The van der Waals surface area contributed by atoms with Gasteiger partial charge in [0.1, 0.15) is 5.75 Å². The summed E-state index contributed by atoms with van der Waals surface area (Å²) in [5.41, 5.74) is 1.73. The third-order valence-electron chi connectivity index (χ3n) is 3.93. The van der Waals surface area contributed by atoms with Crippen LogP contribution in [0.2, 0.25) is 5.02 Å². The molecule has 6 nitrogen and oxygen atoms in total. The maximum Gasteiger partial charge on any atom is 0.321 e. The van der Waals surface area contributed by atoms with Crippen LogP contribution in [0.15, 0.2) is 84.3 Å². The maximum absolute atomic E-state index is 12.3. The summed E-state index contributed by atoms with van der Waals surface area (Å²) in [6.07, 6.45) is 3.43. The first-order valence-electron chi connectivity index (χ1n) is 8.71. The smallest absolute Gasteiger partial charge is 0.321 e. The van der Waals surface area contributed by atoms with Crippen molar-refractivity contribution >= 4 is 29.3 Å². The fourth-order valence-corrected chi connectivity index (χ4v) is 3.49. The van der Waals surface area contributed by atoms with E-state index < -0.39 is 0 Å². The van der Waals surface area contributed by atoms with E-state index in [1.54, 1.807) is 36.7 Å². The summed E-state index contributed by atoms with van der Waals surface area (Å²) in [6, 6.07) is 20.1. The van der Waals surface area contributed by atoms with Crippen molar-refractivity contribution in [3.63, 3.8) is 0 Å². The van der Waals surface area contributed by atoms with Crippen LogP contribution in [0.5, 0.6) is 5.75 Å². The standard InChI is InChI=1S/C21H15ClN4O2S/c22-16-8-10-18(11-9-16)28-19(27)14-29-21-25-24-20(15-5-4-12-23-13-15)26(21)17-6-2-1-3-7-17/h1-13H,14H2. The van der Waals surface area contributed by atoms with Crippen molar-refractivity contribution in [2.45, 2.75) is 5.16 Å². The highest BCUT2D eigenvalue weighted by Gasteiger charge is 2.18. The van der Waals surface area contributed by atoms with Crippen molar-refractivity contribution in [3.8, 4) is 22.8 Å². The van der Waals surface area contributed by atoms with Crippen LogP contribution in [-0.4, -0.2) is 31.5 Å². The minimum atomic E-state index is -0.386. The predicted molar refractivity (Wildman–Crippen MR) is 112 cm³/mol. The number of carbonyl (C=O) groups excluding carboxylic acids is 1. The number of rotatable bonds is 6. The lowest BCUT2D eigenvalue weighted by molar-refractivity contribution is -0.131. The highest BCUT2D eigenvalue weighted by atomic mass is 35.5. The molecule has 0 atom stereocenters. The second-order valence-corrected chi connectivity index (χ2v) is 7.31. The molecular formula is C21H15ClN4O2S. The van der Waals surface area contributed by atoms with E-state index in [9.17, 15) is 4.79 Å². The Morgan fingerprint density at radius 3 is 2.52 bits per heavy atom. The number of pyridine rings is 1. The normalized spacial score (nSPS) is 10.7. The highest BCUT2D eigenvalue weighted by Crippen LogP contribution is 2.27. The van der Waals surface area contributed by atoms with E-state index in [1.165, 1.54) is 11.8 Å².